The standard InChI is InChI=1S/C19H27N3O2/c1-5-15(13-7-8-13)21-16-12(2)20-11-14(16)17(23)22-19(9-6-10-19)18(3,4)24/h5,11,13,20,24H,2,6-10H2,1,3-4H3,(H,22,23)/b15-5-,21-16+. The van der Waals surface area contributed by atoms with Gasteiger partial charge < -0.3 is 15.7 Å². The van der Waals surface area contributed by atoms with Crippen molar-refractivity contribution in [3.8, 4) is 0 Å². The van der Waals surface area contributed by atoms with Crippen molar-refractivity contribution in [2.24, 2.45) is 10.9 Å². The number of nitrogens with zero attached hydrogens (tertiary/aromatic N) is 1. The summed E-state index contributed by atoms with van der Waals surface area (Å²) in [5.74, 6) is 0.308. The van der Waals surface area contributed by atoms with Gasteiger partial charge in [-0.2, -0.15) is 0 Å². The van der Waals surface area contributed by atoms with Crippen molar-refractivity contribution in [2.75, 3.05) is 0 Å². The van der Waals surface area contributed by atoms with E-state index in [1.165, 1.54) is 0 Å². The van der Waals surface area contributed by atoms with Gasteiger partial charge in [-0.3, -0.25) is 9.79 Å². The minimum atomic E-state index is -0.954. The van der Waals surface area contributed by atoms with E-state index < -0.39 is 11.1 Å². The highest BCUT2D eigenvalue weighted by molar-refractivity contribution is 6.29. The second-order valence-corrected chi connectivity index (χ2v) is 7.58. The highest BCUT2D eigenvalue weighted by Gasteiger charge is 2.50. The second kappa shape index (κ2) is 5.88. The molecular weight excluding hydrogens is 302 g/mol. The molecule has 0 aromatic heterocycles. The van der Waals surface area contributed by atoms with Crippen LogP contribution in [0, 0.1) is 5.92 Å². The number of rotatable bonds is 5. The third kappa shape index (κ3) is 2.93. The summed E-state index contributed by atoms with van der Waals surface area (Å²) in [5.41, 5.74) is 1.26. The van der Waals surface area contributed by atoms with Crippen LogP contribution in [-0.2, 0) is 4.79 Å². The van der Waals surface area contributed by atoms with Crippen molar-refractivity contribution in [2.45, 2.75) is 64.0 Å². The number of hydrogen-bond donors (Lipinski definition) is 3. The van der Waals surface area contributed by atoms with Crippen LogP contribution >= 0.6 is 0 Å². The molecule has 2 saturated carbocycles. The van der Waals surface area contributed by atoms with E-state index in [-0.39, 0.29) is 5.91 Å². The van der Waals surface area contributed by atoms with Gasteiger partial charge in [0.05, 0.1) is 22.4 Å². The number of aliphatic imine (C=N–C) groups is 1. The van der Waals surface area contributed by atoms with E-state index in [0.29, 0.717) is 22.9 Å². The van der Waals surface area contributed by atoms with Crippen LogP contribution in [0.15, 0.2) is 40.8 Å². The molecular formula is C19H27N3O2. The van der Waals surface area contributed by atoms with E-state index in [2.05, 4.69) is 17.2 Å². The van der Waals surface area contributed by atoms with Crippen LogP contribution in [0.1, 0.15) is 52.9 Å². The van der Waals surface area contributed by atoms with Crippen molar-refractivity contribution in [3.63, 3.8) is 0 Å². The van der Waals surface area contributed by atoms with Gasteiger partial charge in [-0.1, -0.05) is 12.7 Å². The fourth-order valence-corrected chi connectivity index (χ4v) is 3.36. The molecule has 0 atom stereocenters. The van der Waals surface area contributed by atoms with Crippen LogP contribution in [0.25, 0.3) is 0 Å². The van der Waals surface area contributed by atoms with Crippen LogP contribution < -0.4 is 10.6 Å². The Balaban J connectivity index is 1.81. The first-order valence-corrected chi connectivity index (χ1v) is 8.73. The third-order valence-electron chi connectivity index (χ3n) is 5.44. The van der Waals surface area contributed by atoms with Crippen LogP contribution in [-0.4, -0.2) is 27.9 Å². The largest absolute Gasteiger partial charge is 0.388 e. The number of aliphatic hydroxyl groups is 1. The van der Waals surface area contributed by atoms with E-state index in [1.54, 1.807) is 20.0 Å². The molecule has 0 spiro atoms. The van der Waals surface area contributed by atoms with Crippen molar-refractivity contribution < 1.29 is 9.90 Å². The fraction of sp³-hybridized carbons (Fsp3) is 0.579. The Bertz CT molecular complexity index is 657. The molecule has 1 amide bonds. The Morgan fingerprint density at radius 2 is 2.17 bits per heavy atom. The Hall–Kier alpha value is -1.88. The molecule has 1 heterocycles. The number of carbonyl (C=O) groups is 1. The lowest BCUT2D eigenvalue weighted by molar-refractivity contribution is -0.127. The van der Waals surface area contributed by atoms with Crippen LogP contribution in [0.5, 0.6) is 0 Å². The van der Waals surface area contributed by atoms with Gasteiger partial charge in [-0.25, -0.2) is 0 Å². The van der Waals surface area contributed by atoms with Gasteiger partial charge in [0.25, 0.3) is 5.91 Å². The van der Waals surface area contributed by atoms with Gasteiger partial charge in [-0.15, -0.1) is 0 Å². The van der Waals surface area contributed by atoms with Crippen molar-refractivity contribution in [3.05, 3.63) is 35.8 Å². The molecule has 3 aliphatic rings. The van der Waals surface area contributed by atoms with Gasteiger partial charge >= 0.3 is 0 Å². The molecule has 0 saturated heterocycles. The molecule has 24 heavy (non-hydrogen) atoms. The maximum Gasteiger partial charge on any atom is 0.255 e. The smallest absolute Gasteiger partial charge is 0.255 e. The summed E-state index contributed by atoms with van der Waals surface area (Å²) in [4.78, 5) is 17.5. The van der Waals surface area contributed by atoms with Crippen molar-refractivity contribution in [1.29, 1.82) is 0 Å². The molecule has 130 valence electrons. The van der Waals surface area contributed by atoms with E-state index in [9.17, 15) is 9.90 Å². The Labute approximate surface area is 143 Å². The molecule has 1 aliphatic heterocycles. The molecule has 5 heteroatoms. The molecule has 2 fully saturated rings. The lowest BCUT2D eigenvalue weighted by atomic mass is 9.66. The Morgan fingerprint density at radius 3 is 2.62 bits per heavy atom. The first-order valence-electron chi connectivity index (χ1n) is 8.73. The van der Waals surface area contributed by atoms with E-state index in [0.717, 1.165) is 37.8 Å². The molecule has 0 aromatic rings. The predicted octanol–water partition coefficient (Wildman–Crippen LogP) is 2.55. The minimum absolute atomic E-state index is 0.201. The summed E-state index contributed by atoms with van der Waals surface area (Å²) < 4.78 is 0. The molecule has 2 aliphatic carbocycles. The van der Waals surface area contributed by atoms with Crippen molar-refractivity contribution in [1.82, 2.24) is 10.6 Å². The quantitative estimate of drug-likeness (QED) is 0.726. The summed E-state index contributed by atoms with van der Waals surface area (Å²) in [7, 11) is 0. The number of carbonyl (C=O) groups excluding carboxylic acids is 1. The number of amides is 1. The van der Waals surface area contributed by atoms with Crippen LogP contribution in [0.3, 0.4) is 0 Å². The van der Waals surface area contributed by atoms with E-state index in [1.807, 2.05) is 13.0 Å². The van der Waals surface area contributed by atoms with Crippen LogP contribution in [0.4, 0.5) is 0 Å². The predicted molar refractivity (Wildman–Crippen MR) is 95.3 cm³/mol. The first kappa shape index (κ1) is 17.0. The lowest BCUT2D eigenvalue weighted by Crippen LogP contribution is -2.66. The summed E-state index contributed by atoms with van der Waals surface area (Å²) in [6.45, 7) is 9.45. The zero-order chi connectivity index (χ0) is 17.5. The molecule has 5 nitrogen and oxygen atoms in total. The summed E-state index contributed by atoms with van der Waals surface area (Å²) in [5, 5.41) is 16.5. The molecule has 0 bridgehead atoms. The average molecular weight is 329 g/mol. The number of hydrogen-bond acceptors (Lipinski definition) is 4. The molecule has 0 unspecified atom stereocenters. The van der Waals surface area contributed by atoms with Gasteiger partial charge in [0.1, 0.15) is 5.71 Å². The molecule has 3 N–H and O–H groups in total. The molecule has 0 radical (unpaired) electrons. The highest BCUT2D eigenvalue weighted by atomic mass is 16.3. The summed E-state index contributed by atoms with van der Waals surface area (Å²) >= 11 is 0. The van der Waals surface area contributed by atoms with Gasteiger partial charge in [0.15, 0.2) is 0 Å². The first-order chi connectivity index (χ1) is 11.3. The normalized spacial score (nSPS) is 25.2. The zero-order valence-electron chi connectivity index (χ0n) is 14.8. The van der Waals surface area contributed by atoms with Gasteiger partial charge in [-0.05, 0) is 52.9 Å². The number of allylic oxidation sites excluding steroid dienone is 3. The lowest BCUT2D eigenvalue weighted by Gasteiger charge is -2.50. The third-order valence-corrected chi connectivity index (χ3v) is 5.44. The van der Waals surface area contributed by atoms with Crippen LogP contribution in [0.2, 0.25) is 0 Å². The number of nitrogens with one attached hydrogen (secondary N) is 2. The summed E-state index contributed by atoms with van der Waals surface area (Å²) in [6, 6.07) is 0. The van der Waals surface area contributed by atoms with E-state index in [4.69, 9.17) is 4.99 Å². The van der Waals surface area contributed by atoms with Gasteiger partial charge in [0, 0.05) is 17.8 Å². The fourth-order valence-electron chi connectivity index (χ4n) is 3.36. The van der Waals surface area contributed by atoms with Gasteiger partial charge in [0.2, 0.25) is 0 Å². The van der Waals surface area contributed by atoms with E-state index >= 15 is 0 Å². The zero-order valence-corrected chi connectivity index (χ0v) is 14.8. The Kier molecular flexibility index (Phi) is 4.16. The SMILES string of the molecule is C=C1NC=C(C(=O)NC2(C(C)(C)O)CCC2)/C1=N/C(=C\C)C1CC1. The second-order valence-electron chi connectivity index (χ2n) is 7.58. The minimum Gasteiger partial charge on any atom is -0.388 e. The summed E-state index contributed by atoms with van der Waals surface area (Å²) in [6.07, 6.45) is 8.58. The molecule has 3 rings (SSSR count). The van der Waals surface area contributed by atoms with Crippen molar-refractivity contribution >= 4 is 11.6 Å². The highest BCUT2D eigenvalue weighted by Crippen LogP contribution is 2.41. The maximum atomic E-state index is 12.8. The topological polar surface area (TPSA) is 73.7 Å². The monoisotopic (exact) mass is 329 g/mol. The Morgan fingerprint density at radius 1 is 1.50 bits per heavy atom. The average Bonchev–Trinajstić information content (AvgIpc) is 3.23. The molecule has 0 aromatic carbocycles. The maximum absolute atomic E-state index is 12.8.